The molecule has 0 atom stereocenters. The summed E-state index contributed by atoms with van der Waals surface area (Å²) in [6.45, 7) is 2.74. The van der Waals surface area contributed by atoms with Crippen LogP contribution in [0.4, 0.5) is 0 Å². The fourth-order valence-electron chi connectivity index (χ4n) is 2.84. The van der Waals surface area contributed by atoms with Crippen LogP contribution in [-0.4, -0.2) is 17.0 Å². The second-order valence-corrected chi connectivity index (χ2v) is 5.60. The van der Waals surface area contributed by atoms with Gasteiger partial charge in [0.15, 0.2) is 0 Å². The summed E-state index contributed by atoms with van der Waals surface area (Å²) in [6, 6.07) is 16.1. The molecule has 2 aromatic carbocycles. The van der Waals surface area contributed by atoms with Crippen molar-refractivity contribution >= 4 is 16.8 Å². The van der Waals surface area contributed by atoms with E-state index in [9.17, 15) is 4.79 Å². The van der Waals surface area contributed by atoms with Gasteiger partial charge >= 0.3 is 0 Å². The van der Waals surface area contributed by atoms with Gasteiger partial charge in [-0.1, -0.05) is 36.4 Å². The Balaban J connectivity index is 1.72. The number of nitrogens with zero attached hydrogens (tertiary/aromatic N) is 1. The van der Waals surface area contributed by atoms with E-state index in [1.54, 1.807) is 0 Å². The summed E-state index contributed by atoms with van der Waals surface area (Å²) < 4.78 is 1.99. The Kier molecular flexibility index (Phi) is 3.96. The number of aryl methyl sites for hydroxylation is 2. The second kappa shape index (κ2) is 6.06. The number of rotatable bonds is 4. The van der Waals surface area contributed by atoms with Crippen molar-refractivity contribution in [2.45, 2.75) is 13.3 Å². The molecule has 0 saturated carbocycles. The Morgan fingerprint density at radius 1 is 1.09 bits per heavy atom. The van der Waals surface area contributed by atoms with E-state index in [0.717, 1.165) is 22.9 Å². The topological polar surface area (TPSA) is 34.0 Å². The molecular formula is C19H20N2O. The zero-order valence-electron chi connectivity index (χ0n) is 13.0. The van der Waals surface area contributed by atoms with Crippen LogP contribution < -0.4 is 5.32 Å². The largest absolute Gasteiger partial charge is 0.352 e. The molecule has 3 aromatic rings. The minimum atomic E-state index is -0.0130. The van der Waals surface area contributed by atoms with E-state index < -0.39 is 0 Å². The number of benzene rings is 2. The van der Waals surface area contributed by atoms with Gasteiger partial charge in [0.1, 0.15) is 0 Å². The lowest BCUT2D eigenvalue weighted by Gasteiger charge is -2.09. The van der Waals surface area contributed by atoms with Crippen LogP contribution in [0.3, 0.4) is 0 Å². The second-order valence-electron chi connectivity index (χ2n) is 5.60. The van der Waals surface area contributed by atoms with Crippen LogP contribution in [0.1, 0.15) is 21.5 Å². The first-order valence-corrected chi connectivity index (χ1v) is 7.53. The minimum Gasteiger partial charge on any atom is -0.352 e. The third kappa shape index (κ3) is 2.75. The molecule has 3 rings (SSSR count). The molecule has 1 N–H and O–H groups in total. The van der Waals surface area contributed by atoms with Crippen molar-refractivity contribution in [1.29, 1.82) is 0 Å². The van der Waals surface area contributed by atoms with Crippen LogP contribution in [0.25, 0.3) is 10.9 Å². The predicted molar refractivity (Wildman–Crippen MR) is 90.1 cm³/mol. The summed E-state index contributed by atoms with van der Waals surface area (Å²) in [6.07, 6.45) is 2.83. The summed E-state index contributed by atoms with van der Waals surface area (Å²) in [5.74, 6) is -0.0130. The van der Waals surface area contributed by atoms with Crippen LogP contribution in [0.5, 0.6) is 0 Å². The number of amides is 1. The van der Waals surface area contributed by atoms with E-state index in [1.165, 1.54) is 11.1 Å². The van der Waals surface area contributed by atoms with Gasteiger partial charge in [-0.2, -0.15) is 0 Å². The number of para-hydroxylation sites is 1. The maximum Gasteiger partial charge on any atom is 0.253 e. The number of nitrogens with one attached hydrogen (secondary N) is 1. The van der Waals surface area contributed by atoms with Gasteiger partial charge in [-0.15, -0.1) is 0 Å². The van der Waals surface area contributed by atoms with Gasteiger partial charge in [0.05, 0.1) is 11.1 Å². The Hall–Kier alpha value is -2.55. The highest BCUT2D eigenvalue weighted by Gasteiger charge is 2.11. The highest BCUT2D eigenvalue weighted by Crippen LogP contribution is 2.19. The van der Waals surface area contributed by atoms with Gasteiger partial charge in [0, 0.05) is 25.2 Å². The van der Waals surface area contributed by atoms with Gasteiger partial charge in [0.2, 0.25) is 0 Å². The highest BCUT2D eigenvalue weighted by molar-refractivity contribution is 6.05. The first-order valence-electron chi connectivity index (χ1n) is 7.53. The number of hydrogen-bond donors (Lipinski definition) is 1. The molecule has 3 nitrogen and oxygen atoms in total. The number of carbonyl (C=O) groups excluding carboxylic acids is 1. The molecule has 1 aromatic heterocycles. The summed E-state index contributed by atoms with van der Waals surface area (Å²) in [5, 5.41) is 4.12. The third-order valence-electron chi connectivity index (χ3n) is 4.08. The Bertz CT molecular complexity index is 817. The monoisotopic (exact) mass is 292 g/mol. The number of aromatic nitrogens is 1. The Morgan fingerprint density at radius 2 is 1.91 bits per heavy atom. The van der Waals surface area contributed by atoms with Crippen molar-refractivity contribution in [2.24, 2.45) is 7.05 Å². The van der Waals surface area contributed by atoms with Crippen molar-refractivity contribution < 1.29 is 4.79 Å². The Morgan fingerprint density at radius 3 is 2.73 bits per heavy atom. The van der Waals surface area contributed by atoms with Crippen molar-refractivity contribution in [3.63, 3.8) is 0 Å². The molecule has 112 valence electrons. The molecule has 0 aliphatic heterocycles. The average molecular weight is 292 g/mol. The first kappa shape index (κ1) is 14.4. The van der Waals surface area contributed by atoms with E-state index in [4.69, 9.17) is 0 Å². The lowest BCUT2D eigenvalue weighted by atomic mass is 10.1. The molecule has 0 aliphatic rings. The smallest absolute Gasteiger partial charge is 0.253 e. The molecule has 3 heteroatoms. The molecule has 1 heterocycles. The summed E-state index contributed by atoms with van der Waals surface area (Å²) >= 11 is 0. The van der Waals surface area contributed by atoms with Crippen LogP contribution in [0.2, 0.25) is 0 Å². The van der Waals surface area contributed by atoms with Gasteiger partial charge in [-0.05, 0) is 36.6 Å². The van der Waals surface area contributed by atoms with E-state index >= 15 is 0 Å². The summed E-state index contributed by atoms with van der Waals surface area (Å²) in [4.78, 5) is 12.5. The van der Waals surface area contributed by atoms with Gasteiger partial charge in [-0.3, -0.25) is 4.79 Å². The van der Waals surface area contributed by atoms with Crippen LogP contribution in [-0.2, 0) is 13.5 Å². The molecular weight excluding hydrogens is 272 g/mol. The first-order chi connectivity index (χ1) is 10.7. The normalized spacial score (nSPS) is 10.8. The van der Waals surface area contributed by atoms with Crippen molar-refractivity contribution in [1.82, 2.24) is 9.88 Å². The predicted octanol–water partition coefficient (Wildman–Crippen LogP) is 3.46. The summed E-state index contributed by atoms with van der Waals surface area (Å²) in [5.41, 5.74) is 4.26. The standard InChI is InChI=1S/C19H20N2O/c1-14-6-3-4-7-15(14)10-12-20-19(22)17-9-5-8-16-11-13-21(2)18(16)17/h3-9,11,13H,10,12H2,1-2H3,(H,20,22). The van der Waals surface area contributed by atoms with Gasteiger partial charge in [-0.25, -0.2) is 0 Å². The zero-order chi connectivity index (χ0) is 15.5. The van der Waals surface area contributed by atoms with Crippen molar-refractivity contribution in [3.8, 4) is 0 Å². The zero-order valence-corrected chi connectivity index (χ0v) is 13.0. The average Bonchev–Trinajstić information content (AvgIpc) is 2.91. The molecule has 0 spiro atoms. The van der Waals surface area contributed by atoms with E-state index in [0.29, 0.717) is 6.54 Å². The van der Waals surface area contributed by atoms with Crippen molar-refractivity contribution in [3.05, 3.63) is 71.4 Å². The van der Waals surface area contributed by atoms with Gasteiger partial charge in [0.25, 0.3) is 5.91 Å². The highest BCUT2D eigenvalue weighted by atomic mass is 16.1. The number of hydrogen-bond acceptors (Lipinski definition) is 1. The summed E-state index contributed by atoms with van der Waals surface area (Å²) in [7, 11) is 1.96. The van der Waals surface area contributed by atoms with E-state index in [1.807, 2.05) is 54.2 Å². The Labute approximate surface area is 130 Å². The third-order valence-corrected chi connectivity index (χ3v) is 4.08. The molecule has 0 saturated heterocycles. The quantitative estimate of drug-likeness (QED) is 0.785. The van der Waals surface area contributed by atoms with Crippen LogP contribution in [0.15, 0.2) is 54.7 Å². The SMILES string of the molecule is Cc1ccccc1CCNC(=O)c1cccc2ccn(C)c12. The fourth-order valence-corrected chi connectivity index (χ4v) is 2.84. The van der Waals surface area contributed by atoms with Crippen molar-refractivity contribution in [2.75, 3.05) is 6.54 Å². The number of carbonyl (C=O) groups is 1. The minimum absolute atomic E-state index is 0.0130. The molecule has 0 radical (unpaired) electrons. The molecule has 0 fully saturated rings. The molecule has 1 amide bonds. The molecule has 22 heavy (non-hydrogen) atoms. The van der Waals surface area contributed by atoms with E-state index in [-0.39, 0.29) is 5.91 Å². The molecule has 0 aliphatic carbocycles. The maximum atomic E-state index is 12.5. The van der Waals surface area contributed by atoms with Gasteiger partial charge < -0.3 is 9.88 Å². The molecule has 0 bridgehead atoms. The van der Waals surface area contributed by atoms with Crippen LogP contribution in [0, 0.1) is 6.92 Å². The maximum absolute atomic E-state index is 12.5. The number of fused-ring (bicyclic) bond motifs is 1. The molecule has 0 unspecified atom stereocenters. The fraction of sp³-hybridized carbons (Fsp3) is 0.211. The lowest BCUT2D eigenvalue weighted by molar-refractivity contribution is 0.0955. The van der Waals surface area contributed by atoms with Crippen LogP contribution >= 0.6 is 0 Å². The lowest BCUT2D eigenvalue weighted by Crippen LogP contribution is -2.26. The van der Waals surface area contributed by atoms with E-state index in [2.05, 4.69) is 24.4 Å².